The zero-order chi connectivity index (χ0) is 29.5. The molecule has 0 atom stereocenters. The zero-order valence-electron chi connectivity index (χ0n) is 23.2. The number of fused-ring (bicyclic) bond motifs is 2. The van der Waals surface area contributed by atoms with E-state index in [1.54, 1.807) is 35.0 Å². The number of nitrogens with zero attached hydrogens (tertiary/aromatic N) is 2. The topological polar surface area (TPSA) is 110 Å². The van der Waals surface area contributed by atoms with Gasteiger partial charge in [0, 0.05) is 23.7 Å². The van der Waals surface area contributed by atoms with Crippen LogP contribution in [0.15, 0.2) is 84.9 Å². The van der Waals surface area contributed by atoms with Crippen LogP contribution in [0.3, 0.4) is 0 Å². The van der Waals surface area contributed by atoms with Gasteiger partial charge in [-0.15, -0.1) is 0 Å². The molecule has 2 aliphatic rings. The Morgan fingerprint density at radius 1 is 0.791 bits per heavy atom. The maximum atomic E-state index is 13.0. The molecule has 0 saturated heterocycles. The highest BCUT2D eigenvalue weighted by Gasteiger charge is 2.26. The van der Waals surface area contributed by atoms with Crippen molar-refractivity contribution in [3.05, 3.63) is 96.1 Å². The summed E-state index contributed by atoms with van der Waals surface area (Å²) in [5, 5.41) is 7.85. The number of hydrogen-bond donors (Lipinski definition) is 1. The van der Waals surface area contributed by atoms with Gasteiger partial charge in [0.2, 0.25) is 19.5 Å². The van der Waals surface area contributed by atoms with Gasteiger partial charge in [-0.1, -0.05) is 24.3 Å². The van der Waals surface area contributed by atoms with Crippen LogP contribution in [0.4, 0.5) is 5.69 Å². The number of nitrogens with one attached hydrogen (secondary N) is 1. The fourth-order valence-corrected chi connectivity index (χ4v) is 5.04. The minimum atomic E-state index is -0.486. The Kier molecular flexibility index (Phi) is 6.43. The zero-order valence-corrected chi connectivity index (χ0v) is 23.2. The van der Waals surface area contributed by atoms with Gasteiger partial charge < -0.3 is 29.0 Å². The number of esters is 1. The molecule has 7 rings (SSSR count). The van der Waals surface area contributed by atoms with Gasteiger partial charge in [0.25, 0.3) is 5.91 Å². The molecule has 1 aromatic heterocycles. The highest BCUT2D eigenvalue weighted by atomic mass is 16.7. The van der Waals surface area contributed by atoms with E-state index in [-0.39, 0.29) is 25.4 Å². The Morgan fingerprint density at radius 2 is 1.47 bits per heavy atom. The summed E-state index contributed by atoms with van der Waals surface area (Å²) >= 11 is 0. The molecular weight excluding hydrogens is 550 g/mol. The SMILES string of the molecule is CC(=O)Oc1c(-c2ccc(NC(=O)c3ccc4c(c3)OCO4)cc2)c(-c2ccc3c(c2)OCO3)nn1-c1cccc(C)c1. The van der Waals surface area contributed by atoms with E-state index in [0.717, 1.165) is 22.4 Å². The lowest BCUT2D eigenvalue weighted by Gasteiger charge is -2.11. The Bertz CT molecular complexity index is 1900. The predicted molar refractivity (Wildman–Crippen MR) is 157 cm³/mol. The van der Waals surface area contributed by atoms with Crippen molar-refractivity contribution in [3.8, 4) is 56.9 Å². The molecule has 10 nitrogen and oxygen atoms in total. The van der Waals surface area contributed by atoms with Crippen molar-refractivity contribution in [1.82, 2.24) is 9.78 Å². The van der Waals surface area contributed by atoms with Crippen molar-refractivity contribution < 1.29 is 33.3 Å². The average Bonchev–Trinajstić information content (AvgIpc) is 3.75. The monoisotopic (exact) mass is 575 g/mol. The number of aryl methyl sites for hydroxylation is 1. The number of carbonyl (C=O) groups excluding carboxylic acids is 2. The van der Waals surface area contributed by atoms with Crippen LogP contribution < -0.4 is 29.0 Å². The molecule has 214 valence electrons. The fourth-order valence-electron chi connectivity index (χ4n) is 5.04. The largest absolute Gasteiger partial charge is 0.454 e. The van der Waals surface area contributed by atoms with E-state index in [4.69, 9.17) is 28.8 Å². The van der Waals surface area contributed by atoms with Gasteiger partial charge in [0.1, 0.15) is 5.69 Å². The molecule has 3 heterocycles. The third kappa shape index (κ3) is 4.99. The molecule has 10 heteroatoms. The van der Waals surface area contributed by atoms with Crippen LogP contribution >= 0.6 is 0 Å². The molecule has 5 aromatic rings. The van der Waals surface area contributed by atoms with E-state index in [9.17, 15) is 9.59 Å². The molecule has 4 aromatic carbocycles. The Hall–Kier alpha value is -5.77. The second kappa shape index (κ2) is 10.6. The first-order chi connectivity index (χ1) is 20.9. The highest BCUT2D eigenvalue weighted by Crippen LogP contribution is 2.44. The first kappa shape index (κ1) is 26.1. The van der Waals surface area contributed by atoms with Gasteiger partial charge in [-0.2, -0.15) is 9.78 Å². The number of hydrogen-bond acceptors (Lipinski definition) is 8. The van der Waals surface area contributed by atoms with Crippen LogP contribution in [0.5, 0.6) is 28.9 Å². The molecule has 0 radical (unpaired) electrons. The lowest BCUT2D eigenvalue weighted by molar-refractivity contribution is -0.132. The Balaban J connectivity index is 1.30. The van der Waals surface area contributed by atoms with Crippen molar-refractivity contribution in [2.75, 3.05) is 18.9 Å². The van der Waals surface area contributed by atoms with Crippen LogP contribution in [0, 0.1) is 6.92 Å². The van der Waals surface area contributed by atoms with Crippen molar-refractivity contribution in [2.45, 2.75) is 13.8 Å². The molecule has 43 heavy (non-hydrogen) atoms. The first-order valence-electron chi connectivity index (χ1n) is 13.5. The number of amides is 1. The Labute approximate surface area is 246 Å². The fraction of sp³-hybridized carbons (Fsp3) is 0.121. The minimum Gasteiger partial charge on any atom is -0.454 e. The van der Waals surface area contributed by atoms with Gasteiger partial charge in [0.05, 0.1) is 11.3 Å². The predicted octanol–water partition coefficient (Wildman–Crippen LogP) is 6.15. The number of carbonyl (C=O) groups is 2. The lowest BCUT2D eigenvalue weighted by atomic mass is 10.0. The van der Waals surface area contributed by atoms with E-state index >= 15 is 0 Å². The average molecular weight is 576 g/mol. The quantitative estimate of drug-likeness (QED) is 0.240. The lowest BCUT2D eigenvalue weighted by Crippen LogP contribution is -2.11. The molecule has 1 amide bonds. The molecule has 0 aliphatic carbocycles. The first-order valence-corrected chi connectivity index (χ1v) is 13.5. The van der Waals surface area contributed by atoms with Gasteiger partial charge in [-0.05, 0) is 78.7 Å². The third-order valence-corrected chi connectivity index (χ3v) is 7.04. The van der Waals surface area contributed by atoms with Crippen molar-refractivity contribution in [1.29, 1.82) is 0 Å². The molecular formula is C33H25N3O7. The van der Waals surface area contributed by atoms with Crippen LogP contribution in [0.25, 0.3) is 28.1 Å². The van der Waals surface area contributed by atoms with E-state index in [2.05, 4.69) is 5.32 Å². The van der Waals surface area contributed by atoms with E-state index in [1.165, 1.54) is 6.92 Å². The van der Waals surface area contributed by atoms with Crippen molar-refractivity contribution >= 4 is 17.6 Å². The van der Waals surface area contributed by atoms with Crippen LogP contribution in [-0.4, -0.2) is 35.2 Å². The third-order valence-electron chi connectivity index (χ3n) is 7.04. The number of ether oxygens (including phenoxy) is 5. The molecule has 1 N–H and O–H groups in total. The van der Waals surface area contributed by atoms with Crippen LogP contribution in [0.2, 0.25) is 0 Å². The summed E-state index contributed by atoms with van der Waals surface area (Å²) in [5.41, 5.74) is 5.43. The molecule has 0 fully saturated rings. The summed E-state index contributed by atoms with van der Waals surface area (Å²) in [6, 6.07) is 25.6. The van der Waals surface area contributed by atoms with Gasteiger partial charge >= 0.3 is 5.97 Å². The number of anilines is 1. The van der Waals surface area contributed by atoms with E-state index < -0.39 is 5.97 Å². The second-order valence-corrected chi connectivity index (χ2v) is 10.0. The summed E-state index contributed by atoms with van der Waals surface area (Å²) in [6.07, 6.45) is 0. The molecule has 0 unspecified atom stereocenters. The van der Waals surface area contributed by atoms with Crippen molar-refractivity contribution in [2.24, 2.45) is 0 Å². The summed E-state index contributed by atoms with van der Waals surface area (Å²) in [5.74, 6) is 1.87. The van der Waals surface area contributed by atoms with Gasteiger partial charge in [-0.25, -0.2) is 0 Å². The Morgan fingerprint density at radius 3 is 2.19 bits per heavy atom. The standard InChI is InChI=1S/C33H25N3O7/c1-19-4-3-5-25(14-19)36-33(43-20(2)37)30(31(35-36)22-8-12-26-28(15-22)41-17-39-26)21-6-10-24(11-7-21)34-32(38)23-9-13-27-29(16-23)42-18-40-27/h3-16H,17-18H2,1-2H3,(H,34,38). The number of rotatable bonds is 6. The maximum Gasteiger partial charge on any atom is 0.309 e. The summed E-state index contributed by atoms with van der Waals surface area (Å²) in [4.78, 5) is 25.3. The van der Waals surface area contributed by atoms with Gasteiger partial charge in [0.15, 0.2) is 23.0 Å². The molecule has 2 aliphatic heterocycles. The smallest absolute Gasteiger partial charge is 0.309 e. The maximum absolute atomic E-state index is 13.0. The summed E-state index contributed by atoms with van der Waals surface area (Å²) in [7, 11) is 0. The second-order valence-electron chi connectivity index (χ2n) is 10.0. The van der Waals surface area contributed by atoms with Crippen LogP contribution in [0.1, 0.15) is 22.8 Å². The van der Waals surface area contributed by atoms with E-state index in [0.29, 0.717) is 45.5 Å². The molecule has 0 saturated carbocycles. The molecule has 0 bridgehead atoms. The molecule has 0 spiro atoms. The minimum absolute atomic E-state index is 0.131. The van der Waals surface area contributed by atoms with Crippen molar-refractivity contribution in [3.63, 3.8) is 0 Å². The van der Waals surface area contributed by atoms with Crippen LogP contribution in [-0.2, 0) is 4.79 Å². The number of benzene rings is 4. The van der Waals surface area contributed by atoms with E-state index in [1.807, 2.05) is 61.5 Å². The number of aromatic nitrogens is 2. The highest BCUT2D eigenvalue weighted by molar-refractivity contribution is 6.05. The summed E-state index contributed by atoms with van der Waals surface area (Å²) < 4.78 is 29.3. The normalized spacial score (nSPS) is 12.7. The van der Waals surface area contributed by atoms with Gasteiger partial charge in [-0.3, -0.25) is 9.59 Å². The summed E-state index contributed by atoms with van der Waals surface area (Å²) in [6.45, 7) is 3.61.